The minimum absolute atomic E-state index is 0.123. The van der Waals surface area contributed by atoms with E-state index in [9.17, 15) is 9.59 Å². The van der Waals surface area contributed by atoms with Crippen molar-refractivity contribution in [3.8, 4) is 0 Å². The minimum Gasteiger partial charge on any atom is -0.346 e. The summed E-state index contributed by atoms with van der Waals surface area (Å²) in [7, 11) is 0. The molecule has 0 saturated carbocycles. The predicted octanol–water partition coefficient (Wildman–Crippen LogP) is 6.88. The summed E-state index contributed by atoms with van der Waals surface area (Å²) in [4.78, 5) is 28.4. The fourth-order valence-electron chi connectivity index (χ4n) is 4.95. The van der Waals surface area contributed by atoms with Crippen molar-refractivity contribution in [2.24, 2.45) is 0 Å². The van der Waals surface area contributed by atoms with Gasteiger partial charge in [0.15, 0.2) is 5.79 Å². The maximum absolute atomic E-state index is 13.9. The molecule has 0 bridgehead atoms. The molecule has 194 valence electrons. The molecule has 1 aliphatic heterocycles. The van der Waals surface area contributed by atoms with Crippen LogP contribution in [0.3, 0.4) is 0 Å². The van der Waals surface area contributed by atoms with Gasteiger partial charge in [-0.1, -0.05) is 29.8 Å². The van der Waals surface area contributed by atoms with E-state index in [1.807, 2.05) is 64.1 Å². The number of ether oxygens (including phenoxy) is 2. The SMILES string of the molecule is CCOC1(OCC)CCCN(C(=O)c2ccc(NC(=O)c3ccccc3C)cc2C)c2ccc(Cl)cc21. The minimum atomic E-state index is -0.961. The molecule has 4 rings (SSSR count). The van der Waals surface area contributed by atoms with E-state index >= 15 is 0 Å². The molecule has 0 saturated heterocycles. The van der Waals surface area contributed by atoms with Crippen molar-refractivity contribution in [3.05, 3.63) is 93.5 Å². The van der Waals surface area contributed by atoms with Gasteiger partial charge in [0.25, 0.3) is 11.8 Å². The van der Waals surface area contributed by atoms with Crippen molar-refractivity contribution in [1.29, 1.82) is 0 Å². The molecule has 1 N–H and O–H groups in total. The van der Waals surface area contributed by atoms with Gasteiger partial charge < -0.3 is 19.7 Å². The molecule has 0 unspecified atom stereocenters. The molecular formula is C30H33ClN2O4. The van der Waals surface area contributed by atoms with Gasteiger partial charge in [-0.25, -0.2) is 0 Å². The third-order valence-electron chi connectivity index (χ3n) is 6.65. The van der Waals surface area contributed by atoms with Crippen LogP contribution in [0.5, 0.6) is 0 Å². The maximum atomic E-state index is 13.9. The lowest BCUT2D eigenvalue weighted by molar-refractivity contribution is -0.245. The Labute approximate surface area is 223 Å². The molecule has 7 heteroatoms. The van der Waals surface area contributed by atoms with Crippen molar-refractivity contribution in [1.82, 2.24) is 0 Å². The lowest BCUT2D eigenvalue weighted by Gasteiger charge is -2.34. The number of hydrogen-bond acceptors (Lipinski definition) is 4. The molecule has 0 aliphatic carbocycles. The molecule has 37 heavy (non-hydrogen) atoms. The summed E-state index contributed by atoms with van der Waals surface area (Å²) in [6, 6.07) is 18.3. The van der Waals surface area contributed by atoms with Crippen LogP contribution in [0.25, 0.3) is 0 Å². The van der Waals surface area contributed by atoms with E-state index < -0.39 is 5.79 Å². The molecule has 3 aromatic rings. The summed E-state index contributed by atoms with van der Waals surface area (Å²) >= 11 is 6.39. The number of rotatable bonds is 7. The Balaban J connectivity index is 1.65. The summed E-state index contributed by atoms with van der Waals surface area (Å²) in [5.74, 6) is -1.27. The second kappa shape index (κ2) is 11.5. The summed E-state index contributed by atoms with van der Waals surface area (Å²) in [6.45, 7) is 9.09. The zero-order valence-corrected chi connectivity index (χ0v) is 22.5. The third kappa shape index (κ3) is 5.57. The van der Waals surface area contributed by atoms with E-state index in [-0.39, 0.29) is 11.8 Å². The summed E-state index contributed by atoms with van der Waals surface area (Å²) in [5, 5.41) is 3.50. The van der Waals surface area contributed by atoms with Crippen LogP contribution < -0.4 is 10.2 Å². The van der Waals surface area contributed by atoms with Crippen molar-refractivity contribution in [2.45, 2.75) is 46.3 Å². The molecular weight excluding hydrogens is 488 g/mol. The van der Waals surface area contributed by atoms with Crippen molar-refractivity contribution >= 4 is 34.8 Å². The fourth-order valence-corrected chi connectivity index (χ4v) is 5.12. The van der Waals surface area contributed by atoms with Crippen LogP contribution in [0.15, 0.2) is 60.7 Å². The van der Waals surface area contributed by atoms with Crippen LogP contribution in [-0.2, 0) is 15.3 Å². The number of fused-ring (bicyclic) bond motifs is 1. The second-order valence-corrected chi connectivity index (χ2v) is 9.58. The number of carbonyl (C=O) groups is 2. The number of aryl methyl sites for hydroxylation is 2. The standard InChI is InChI=1S/C30H33ClN2O4/c1-5-36-30(37-6-2)16-9-17-33(27-15-12-22(31)19-26(27)30)29(35)25-14-13-23(18-21(25)4)32-28(34)24-11-8-7-10-20(24)3/h7-8,10-15,18-19H,5-6,9,16-17H2,1-4H3,(H,32,34). The van der Waals surface area contributed by atoms with Crippen molar-refractivity contribution in [2.75, 3.05) is 30.0 Å². The quantitative estimate of drug-likeness (QED) is 0.345. The van der Waals surface area contributed by atoms with Gasteiger partial charge in [-0.05, 0) is 87.7 Å². The van der Waals surface area contributed by atoms with E-state index in [0.717, 1.165) is 22.4 Å². The zero-order valence-electron chi connectivity index (χ0n) is 21.8. The van der Waals surface area contributed by atoms with E-state index in [2.05, 4.69) is 5.32 Å². The van der Waals surface area contributed by atoms with Crippen LogP contribution in [0.4, 0.5) is 11.4 Å². The number of anilines is 2. The lowest BCUT2D eigenvalue weighted by atomic mass is 9.99. The topological polar surface area (TPSA) is 67.9 Å². The van der Waals surface area contributed by atoms with Crippen molar-refractivity contribution < 1.29 is 19.1 Å². The summed E-state index contributed by atoms with van der Waals surface area (Å²) in [5.41, 5.74) is 4.98. The average Bonchev–Trinajstić information content (AvgIpc) is 3.01. The molecule has 0 radical (unpaired) electrons. The molecule has 1 aliphatic rings. The average molecular weight is 521 g/mol. The highest BCUT2D eigenvalue weighted by atomic mass is 35.5. The number of nitrogens with one attached hydrogen (secondary N) is 1. The Morgan fingerprint density at radius 3 is 2.35 bits per heavy atom. The zero-order chi connectivity index (χ0) is 26.6. The summed E-state index contributed by atoms with van der Waals surface area (Å²) < 4.78 is 12.3. The predicted molar refractivity (Wildman–Crippen MR) is 148 cm³/mol. The van der Waals surface area contributed by atoms with Crippen LogP contribution in [-0.4, -0.2) is 31.6 Å². The van der Waals surface area contributed by atoms with Gasteiger partial charge in [-0.15, -0.1) is 0 Å². The Morgan fingerprint density at radius 1 is 0.946 bits per heavy atom. The van der Waals surface area contributed by atoms with Gasteiger partial charge >= 0.3 is 0 Å². The highest BCUT2D eigenvalue weighted by Gasteiger charge is 2.40. The van der Waals surface area contributed by atoms with E-state index in [1.54, 1.807) is 29.2 Å². The number of carbonyl (C=O) groups excluding carboxylic acids is 2. The van der Waals surface area contributed by atoms with E-state index in [1.165, 1.54) is 0 Å². The number of benzene rings is 3. The highest BCUT2D eigenvalue weighted by molar-refractivity contribution is 6.30. The second-order valence-electron chi connectivity index (χ2n) is 9.14. The van der Waals surface area contributed by atoms with E-state index in [0.29, 0.717) is 54.4 Å². The molecule has 0 fully saturated rings. The third-order valence-corrected chi connectivity index (χ3v) is 6.89. The monoisotopic (exact) mass is 520 g/mol. The first-order valence-corrected chi connectivity index (χ1v) is 13.0. The Morgan fingerprint density at radius 2 is 1.68 bits per heavy atom. The van der Waals surface area contributed by atoms with Crippen LogP contribution >= 0.6 is 11.6 Å². The Bertz CT molecular complexity index is 1300. The van der Waals surface area contributed by atoms with Gasteiger partial charge in [-0.2, -0.15) is 0 Å². The first kappa shape index (κ1) is 26.9. The summed E-state index contributed by atoms with van der Waals surface area (Å²) in [6.07, 6.45) is 1.30. The largest absolute Gasteiger partial charge is 0.346 e. The van der Waals surface area contributed by atoms with Crippen LogP contribution in [0.1, 0.15) is 64.1 Å². The molecule has 2 amide bonds. The number of amides is 2. The van der Waals surface area contributed by atoms with Crippen molar-refractivity contribution in [3.63, 3.8) is 0 Å². The molecule has 6 nitrogen and oxygen atoms in total. The van der Waals surface area contributed by atoms with Gasteiger partial charge in [-0.3, -0.25) is 9.59 Å². The van der Waals surface area contributed by atoms with Gasteiger partial charge in [0.2, 0.25) is 0 Å². The molecule has 0 aromatic heterocycles. The van der Waals surface area contributed by atoms with E-state index in [4.69, 9.17) is 21.1 Å². The van der Waals surface area contributed by atoms with Crippen LogP contribution in [0.2, 0.25) is 5.02 Å². The first-order chi connectivity index (χ1) is 17.8. The molecule has 3 aromatic carbocycles. The molecule has 0 spiro atoms. The first-order valence-electron chi connectivity index (χ1n) is 12.7. The number of halogens is 1. The van der Waals surface area contributed by atoms with Gasteiger partial charge in [0.05, 0.1) is 5.69 Å². The fraction of sp³-hybridized carbons (Fsp3) is 0.333. The number of nitrogens with zero attached hydrogens (tertiary/aromatic N) is 1. The Kier molecular flexibility index (Phi) is 8.32. The Hall–Kier alpha value is -3.19. The smallest absolute Gasteiger partial charge is 0.258 e. The van der Waals surface area contributed by atoms with Gasteiger partial charge in [0.1, 0.15) is 0 Å². The number of hydrogen-bond donors (Lipinski definition) is 1. The molecule has 0 atom stereocenters. The van der Waals surface area contributed by atoms with Gasteiger partial charge in [0, 0.05) is 53.6 Å². The normalized spacial score (nSPS) is 14.6. The molecule has 1 heterocycles. The van der Waals surface area contributed by atoms with Crippen LogP contribution in [0, 0.1) is 13.8 Å². The lowest BCUT2D eigenvalue weighted by Crippen LogP contribution is -2.34. The highest BCUT2D eigenvalue weighted by Crippen LogP contribution is 2.43. The maximum Gasteiger partial charge on any atom is 0.258 e.